The standard InChI is InChI=1S/C16H21ClO2/c1-3-11-4-6-12(7-5-11)16(18)14-10-13(17)8-9-15(14)19-2/h8-12H,3-7H2,1-2H3. The second-order valence-corrected chi connectivity index (χ2v) is 5.77. The van der Waals surface area contributed by atoms with E-state index in [1.54, 1.807) is 25.3 Å². The Morgan fingerprint density at radius 3 is 2.58 bits per heavy atom. The summed E-state index contributed by atoms with van der Waals surface area (Å²) in [6.07, 6.45) is 5.53. The number of Topliss-reactive ketones (excluding diaryl/α,β-unsaturated/α-hetero) is 1. The minimum atomic E-state index is 0.134. The molecular weight excluding hydrogens is 260 g/mol. The van der Waals surface area contributed by atoms with Gasteiger partial charge < -0.3 is 4.74 Å². The molecule has 0 bridgehead atoms. The Morgan fingerprint density at radius 2 is 2.00 bits per heavy atom. The number of hydrogen-bond acceptors (Lipinski definition) is 2. The van der Waals surface area contributed by atoms with Crippen molar-refractivity contribution in [2.24, 2.45) is 11.8 Å². The Hall–Kier alpha value is -1.02. The number of methoxy groups -OCH3 is 1. The van der Waals surface area contributed by atoms with E-state index in [1.165, 1.54) is 6.42 Å². The zero-order valence-electron chi connectivity index (χ0n) is 11.6. The third-order valence-corrected chi connectivity index (χ3v) is 4.46. The first-order valence-electron chi connectivity index (χ1n) is 7.03. The Morgan fingerprint density at radius 1 is 1.32 bits per heavy atom. The van der Waals surface area contributed by atoms with Gasteiger partial charge in [0.05, 0.1) is 12.7 Å². The second-order valence-electron chi connectivity index (χ2n) is 5.33. The highest BCUT2D eigenvalue weighted by Crippen LogP contribution is 2.34. The number of benzene rings is 1. The van der Waals surface area contributed by atoms with Crippen molar-refractivity contribution in [1.29, 1.82) is 0 Å². The van der Waals surface area contributed by atoms with Crippen LogP contribution < -0.4 is 4.74 Å². The van der Waals surface area contributed by atoms with Gasteiger partial charge in [-0.3, -0.25) is 4.79 Å². The van der Waals surface area contributed by atoms with Crippen LogP contribution >= 0.6 is 11.6 Å². The lowest BCUT2D eigenvalue weighted by Crippen LogP contribution is -2.22. The van der Waals surface area contributed by atoms with E-state index >= 15 is 0 Å². The number of carbonyl (C=O) groups is 1. The van der Waals surface area contributed by atoms with Crippen LogP contribution in [0.4, 0.5) is 0 Å². The molecule has 1 fully saturated rings. The molecule has 0 spiro atoms. The van der Waals surface area contributed by atoms with Gasteiger partial charge in [0.1, 0.15) is 5.75 Å². The summed E-state index contributed by atoms with van der Waals surface area (Å²) < 4.78 is 5.28. The molecular formula is C16H21ClO2. The van der Waals surface area contributed by atoms with E-state index in [0.717, 1.165) is 31.6 Å². The number of ketones is 1. The Bertz CT molecular complexity index is 448. The highest BCUT2D eigenvalue weighted by Gasteiger charge is 2.27. The fourth-order valence-electron chi connectivity index (χ4n) is 2.93. The number of rotatable bonds is 4. The molecule has 0 aromatic heterocycles. The van der Waals surface area contributed by atoms with Crippen LogP contribution in [-0.4, -0.2) is 12.9 Å². The maximum absolute atomic E-state index is 12.6. The van der Waals surface area contributed by atoms with Gasteiger partial charge in [-0.15, -0.1) is 0 Å². The first-order valence-corrected chi connectivity index (χ1v) is 7.41. The summed E-state index contributed by atoms with van der Waals surface area (Å²) >= 11 is 5.99. The van der Waals surface area contributed by atoms with E-state index in [1.807, 2.05) is 0 Å². The highest BCUT2D eigenvalue weighted by molar-refractivity contribution is 6.31. The fourth-order valence-corrected chi connectivity index (χ4v) is 3.10. The molecule has 0 unspecified atom stereocenters. The molecule has 0 amide bonds. The van der Waals surface area contributed by atoms with Crippen molar-refractivity contribution in [2.45, 2.75) is 39.0 Å². The van der Waals surface area contributed by atoms with Crippen molar-refractivity contribution in [1.82, 2.24) is 0 Å². The van der Waals surface area contributed by atoms with Gasteiger partial charge in [-0.2, -0.15) is 0 Å². The molecule has 0 radical (unpaired) electrons. The predicted octanol–water partition coefficient (Wildman–Crippen LogP) is 4.75. The fraction of sp³-hybridized carbons (Fsp3) is 0.562. The summed E-state index contributed by atoms with van der Waals surface area (Å²) in [5, 5.41) is 0.589. The van der Waals surface area contributed by atoms with E-state index in [-0.39, 0.29) is 11.7 Å². The quantitative estimate of drug-likeness (QED) is 0.744. The summed E-state index contributed by atoms with van der Waals surface area (Å²) in [6, 6.07) is 5.26. The first-order chi connectivity index (χ1) is 9.15. The normalized spacial score (nSPS) is 23.1. The molecule has 0 atom stereocenters. The van der Waals surface area contributed by atoms with Gasteiger partial charge in [0.15, 0.2) is 5.78 Å². The molecule has 3 heteroatoms. The molecule has 0 aliphatic heterocycles. The van der Waals surface area contributed by atoms with E-state index in [2.05, 4.69) is 6.92 Å². The number of ether oxygens (including phenoxy) is 1. The monoisotopic (exact) mass is 280 g/mol. The van der Waals surface area contributed by atoms with Gasteiger partial charge in [0, 0.05) is 10.9 Å². The number of carbonyl (C=O) groups excluding carboxylic acids is 1. The zero-order chi connectivity index (χ0) is 13.8. The lowest BCUT2D eigenvalue weighted by Gasteiger charge is -2.27. The summed E-state index contributed by atoms with van der Waals surface area (Å²) in [4.78, 5) is 12.6. The highest BCUT2D eigenvalue weighted by atomic mass is 35.5. The molecule has 1 aromatic carbocycles. The molecule has 0 saturated heterocycles. The molecule has 2 rings (SSSR count). The molecule has 19 heavy (non-hydrogen) atoms. The average Bonchev–Trinajstić information content (AvgIpc) is 2.46. The second kappa shape index (κ2) is 6.42. The number of halogens is 1. The van der Waals surface area contributed by atoms with Crippen LogP contribution in [0.15, 0.2) is 18.2 Å². The van der Waals surface area contributed by atoms with Gasteiger partial charge in [-0.05, 0) is 49.8 Å². The largest absolute Gasteiger partial charge is 0.496 e. The molecule has 104 valence electrons. The third-order valence-electron chi connectivity index (χ3n) is 4.22. The van der Waals surface area contributed by atoms with Crippen LogP contribution in [-0.2, 0) is 0 Å². The van der Waals surface area contributed by atoms with E-state index in [0.29, 0.717) is 16.3 Å². The van der Waals surface area contributed by atoms with Crippen molar-refractivity contribution in [3.05, 3.63) is 28.8 Å². The van der Waals surface area contributed by atoms with Crippen molar-refractivity contribution >= 4 is 17.4 Å². The predicted molar refractivity (Wildman–Crippen MR) is 78.1 cm³/mol. The lowest BCUT2D eigenvalue weighted by atomic mass is 9.77. The van der Waals surface area contributed by atoms with Crippen LogP contribution in [0.3, 0.4) is 0 Å². The zero-order valence-corrected chi connectivity index (χ0v) is 12.4. The topological polar surface area (TPSA) is 26.3 Å². The Balaban J connectivity index is 2.14. The number of hydrogen-bond donors (Lipinski definition) is 0. The molecule has 1 aliphatic rings. The van der Waals surface area contributed by atoms with Gasteiger partial charge in [-0.25, -0.2) is 0 Å². The summed E-state index contributed by atoms with van der Waals surface area (Å²) in [6.45, 7) is 2.23. The van der Waals surface area contributed by atoms with Crippen molar-refractivity contribution in [3.8, 4) is 5.75 Å². The van der Waals surface area contributed by atoms with Gasteiger partial charge in [-0.1, -0.05) is 24.9 Å². The van der Waals surface area contributed by atoms with E-state index < -0.39 is 0 Å². The van der Waals surface area contributed by atoms with Crippen LogP contribution in [0, 0.1) is 11.8 Å². The van der Waals surface area contributed by atoms with Gasteiger partial charge >= 0.3 is 0 Å². The van der Waals surface area contributed by atoms with Gasteiger partial charge in [0.2, 0.25) is 0 Å². The minimum absolute atomic E-state index is 0.134. The van der Waals surface area contributed by atoms with Crippen LogP contribution in [0.1, 0.15) is 49.4 Å². The van der Waals surface area contributed by atoms with E-state index in [4.69, 9.17) is 16.3 Å². The van der Waals surface area contributed by atoms with Crippen LogP contribution in [0.25, 0.3) is 0 Å². The van der Waals surface area contributed by atoms with Crippen LogP contribution in [0.5, 0.6) is 5.75 Å². The summed E-state index contributed by atoms with van der Waals surface area (Å²) in [5.41, 5.74) is 0.634. The molecule has 0 N–H and O–H groups in total. The smallest absolute Gasteiger partial charge is 0.169 e. The summed E-state index contributed by atoms with van der Waals surface area (Å²) in [7, 11) is 1.59. The molecule has 1 aliphatic carbocycles. The Labute approximate surface area is 120 Å². The third kappa shape index (κ3) is 3.30. The van der Waals surface area contributed by atoms with Crippen molar-refractivity contribution in [2.75, 3.05) is 7.11 Å². The molecule has 1 aromatic rings. The molecule has 0 heterocycles. The van der Waals surface area contributed by atoms with E-state index in [9.17, 15) is 4.79 Å². The van der Waals surface area contributed by atoms with Crippen molar-refractivity contribution in [3.63, 3.8) is 0 Å². The maximum Gasteiger partial charge on any atom is 0.169 e. The van der Waals surface area contributed by atoms with Crippen molar-refractivity contribution < 1.29 is 9.53 Å². The summed E-state index contributed by atoms with van der Waals surface area (Å²) in [5.74, 6) is 1.75. The van der Waals surface area contributed by atoms with Gasteiger partial charge in [0.25, 0.3) is 0 Å². The molecule has 2 nitrogen and oxygen atoms in total. The first kappa shape index (κ1) is 14.4. The average molecular weight is 281 g/mol. The minimum Gasteiger partial charge on any atom is -0.496 e. The van der Waals surface area contributed by atoms with Crippen LogP contribution in [0.2, 0.25) is 5.02 Å². The maximum atomic E-state index is 12.6. The molecule has 1 saturated carbocycles. The SMILES string of the molecule is CCC1CCC(C(=O)c2cc(Cl)ccc2OC)CC1. The lowest BCUT2D eigenvalue weighted by molar-refractivity contribution is 0.0868. The Kier molecular flexibility index (Phi) is 4.87.